The molecular weight excluding hydrogens is 210 g/mol. The summed E-state index contributed by atoms with van der Waals surface area (Å²) in [6, 6.07) is 1.67. The molecule has 2 rings (SSSR count). The zero-order valence-corrected chi connectivity index (χ0v) is 9.18. The third-order valence-electron chi connectivity index (χ3n) is 2.50. The van der Waals surface area contributed by atoms with E-state index in [1.165, 1.54) is 6.07 Å². The summed E-state index contributed by atoms with van der Waals surface area (Å²) in [6.45, 7) is 3.38. The number of nitrogen functional groups attached to an aromatic ring is 1. The second-order valence-electron chi connectivity index (χ2n) is 3.64. The Morgan fingerprint density at radius 1 is 1.81 bits per heavy atom. The molecule has 1 atom stereocenters. The van der Waals surface area contributed by atoms with Gasteiger partial charge < -0.3 is 15.2 Å². The van der Waals surface area contributed by atoms with Gasteiger partial charge >= 0.3 is 5.97 Å². The predicted molar refractivity (Wildman–Crippen MR) is 57.1 cm³/mol. The van der Waals surface area contributed by atoms with Crippen LogP contribution in [0.5, 0.6) is 0 Å². The van der Waals surface area contributed by atoms with Crippen LogP contribution in [0, 0.1) is 0 Å². The van der Waals surface area contributed by atoms with Gasteiger partial charge in [0.15, 0.2) is 5.69 Å². The van der Waals surface area contributed by atoms with Gasteiger partial charge in [-0.15, -0.1) is 0 Å². The van der Waals surface area contributed by atoms with E-state index in [4.69, 9.17) is 15.2 Å². The lowest BCUT2D eigenvalue weighted by Crippen LogP contribution is -2.14. The van der Waals surface area contributed by atoms with Gasteiger partial charge in [-0.2, -0.15) is 5.10 Å². The third kappa shape index (κ3) is 2.01. The molecule has 0 radical (unpaired) electrons. The topological polar surface area (TPSA) is 79.4 Å². The van der Waals surface area contributed by atoms with Crippen molar-refractivity contribution in [2.24, 2.45) is 0 Å². The largest absolute Gasteiger partial charge is 0.461 e. The highest BCUT2D eigenvalue weighted by molar-refractivity contribution is 5.88. The molecule has 0 aliphatic carbocycles. The second kappa shape index (κ2) is 4.52. The molecular formula is C10H15N3O3. The fraction of sp³-hybridized carbons (Fsp3) is 0.600. The number of hydrogen-bond acceptors (Lipinski definition) is 5. The van der Waals surface area contributed by atoms with Gasteiger partial charge in [-0.3, -0.25) is 0 Å². The minimum Gasteiger partial charge on any atom is -0.461 e. The Morgan fingerprint density at radius 3 is 3.25 bits per heavy atom. The molecule has 0 aromatic carbocycles. The van der Waals surface area contributed by atoms with Crippen LogP contribution in [0.3, 0.4) is 0 Å². The van der Waals surface area contributed by atoms with Crippen molar-refractivity contribution in [1.29, 1.82) is 0 Å². The standard InChI is InChI=1S/C10H15N3O3/c1-2-16-10(14)8-5-9(11)13(12-8)7-3-4-15-6-7/h5,7H,2-4,6,11H2,1H3/t7-/m0/s1. The number of rotatable bonds is 3. The molecule has 2 heterocycles. The molecule has 1 aromatic rings. The number of ether oxygens (including phenoxy) is 2. The van der Waals surface area contributed by atoms with Crippen molar-refractivity contribution in [2.45, 2.75) is 19.4 Å². The summed E-state index contributed by atoms with van der Waals surface area (Å²) in [4.78, 5) is 11.4. The molecule has 0 spiro atoms. The second-order valence-corrected chi connectivity index (χ2v) is 3.64. The molecule has 1 saturated heterocycles. The van der Waals surface area contributed by atoms with E-state index in [0.29, 0.717) is 25.6 Å². The van der Waals surface area contributed by atoms with Crippen molar-refractivity contribution in [2.75, 3.05) is 25.6 Å². The summed E-state index contributed by atoms with van der Waals surface area (Å²) in [5, 5.41) is 4.15. The van der Waals surface area contributed by atoms with Crippen LogP contribution in [-0.2, 0) is 9.47 Å². The van der Waals surface area contributed by atoms with Crippen LogP contribution >= 0.6 is 0 Å². The average molecular weight is 225 g/mol. The van der Waals surface area contributed by atoms with Gasteiger partial charge in [-0.1, -0.05) is 0 Å². The highest BCUT2D eigenvalue weighted by Gasteiger charge is 2.22. The first kappa shape index (κ1) is 10.9. The molecule has 0 bridgehead atoms. The Labute approximate surface area is 93.3 Å². The van der Waals surface area contributed by atoms with E-state index in [2.05, 4.69) is 5.10 Å². The maximum Gasteiger partial charge on any atom is 0.358 e. The Balaban J connectivity index is 2.17. The molecule has 0 unspecified atom stereocenters. The van der Waals surface area contributed by atoms with Crippen molar-refractivity contribution in [3.63, 3.8) is 0 Å². The first-order valence-electron chi connectivity index (χ1n) is 5.32. The summed E-state index contributed by atoms with van der Waals surface area (Å²) >= 11 is 0. The Morgan fingerprint density at radius 2 is 2.62 bits per heavy atom. The number of nitrogens with zero attached hydrogens (tertiary/aromatic N) is 2. The SMILES string of the molecule is CCOC(=O)c1cc(N)n([C@H]2CCOC2)n1. The first-order chi connectivity index (χ1) is 7.72. The van der Waals surface area contributed by atoms with E-state index in [1.54, 1.807) is 11.6 Å². The average Bonchev–Trinajstić information content (AvgIpc) is 2.86. The number of nitrogens with two attached hydrogens (primary N) is 1. The number of hydrogen-bond donors (Lipinski definition) is 1. The van der Waals surface area contributed by atoms with Gasteiger partial charge in [0, 0.05) is 12.7 Å². The fourth-order valence-corrected chi connectivity index (χ4v) is 1.72. The predicted octanol–water partition coefficient (Wildman–Crippen LogP) is 0.603. The molecule has 1 fully saturated rings. The Hall–Kier alpha value is -1.56. The van der Waals surface area contributed by atoms with Gasteiger partial charge in [-0.25, -0.2) is 9.48 Å². The van der Waals surface area contributed by atoms with E-state index in [-0.39, 0.29) is 11.7 Å². The maximum atomic E-state index is 11.4. The highest BCUT2D eigenvalue weighted by atomic mass is 16.5. The van der Waals surface area contributed by atoms with Crippen LogP contribution < -0.4 is 5.73 Å². The normalized spacial score (nSPS) is 19.9. The lowest BCUT2D eigenvalue weighted by atomic mass is 10.3. The van der Waals surface area contributed by atoms with Crippen LogP contribution in [0.25, 0.3) is 0 Å². The van der Waals surface area contributed by atoms with Gasteiger partial charge in [0.25, 0.3) is 0 Å². The molecule has 0 amide bonds. The van der Waals surface area contributed by atoms with Crippen molar-refractivity contribution in [1.82, 2.24) is 9.78 Å². The van der Waals surface area contributed by atoms with Gasteiger partial charge in [0.1, 0.15) is 5.82 Å². The van der Waals surface area contributed by atoms with Crippen LogP contribution in [0.1, 0.15) is 29.9 Å². The van der Waals surface area contributed by atoms with Crippen LogP contribution in [0.15, 0.2) is 6.07 Å². The van der Waals surface area contributed by atoms with Crippen LogP contribution in [0.4, 0.5) is 5.82 Å². The van der Waals surface area contributed by atoms with E-state index in [1.807, 2.05) is 0 Å². The minimum atomic E-state index is -0.438. The number of carbonyl (C=O) groups excluding carboxylic acids is 1. The quantitative estimate of drug-likeness (QED) is 0.762. The van der Waals surface area contributed by atoms with Crippen molar-refractivity contribution >= 4 is 11.8 Å². The number of esters is 1. The first-order valence-corrected chi connectivity index (χ1v) is 5.32. The number of aromatic nitrogens is 2. The number of anilines is 1. The lowest BCUT2D eigenvalue weighted by molar-refractivity contribution is 0.0518. The molecule has 88 valence electrons. The van der Waals surface area contributed by atoms with Crippen molar-refractivity contribution < 1.29 is 14.3 Å². The van der Waals surface area contributed by atoms with Gasteiger partial charge in [0.05, 0.1) is 19.3 Å². The van der Waals surface area contributed by atoms with Crippen LogP contribution in [0.2, 0.25) is 0 Å². The molecule has 6 nitrogen and oxygen atoms in total. The van der Waals surface area contributed by atoms with E-state index >= 15 is 0 Å². The summed E-state index contributed by atoms with van der Waals surface area (Å²) < 4.78 is 11.7. The molecule has 1 aromatic heterocycles. The highest BCUT2D eigenvalue weighted by Crippen LogP contribution is 2.22. The fourth-order valence-electron chi connectivity index (χ4n) is 1.72. The number of carbonyl (C=O) groups is 1. The smallest absolute Gasteiger partial charge is 0.358 e. The maximum absolute atomic E-state index is 11.4. The molecule has 1 aliphatic heterocycles. The summed E-state index contributed by atoms with van der Waals surface area (Å²) in [6.07, 6.45) is 0.869. The van der Waals surface area contributed by atoms with Gasteiger partial charge in [0.2, 0.25) is 0 Å². The van der Waals surface area contributed by atoms with Crippen LogP contribution in [-0.4, -0.2) is 35.6 Å². The molecule has 2 N–H and O–H groups in total. The Kier molecular flexibility index (Phi) is 3.09. The molecule has 1 aliphatic rings. The molecule has 16 heavy (non-hydrogen) atoms. The summed E-state index contributed by atoms with van der Waals surface area (Å²) in [7, 11) is 0. The Bertz CT molecular complexity index is 383. The van der Waals surface area contributed by atoms with E-state index in [9.17, 15) is 4.79 Å². The summed E-state index contributed by atoms with van der Waals surface area (Å²) in [5.74, 6) is 0.0328. The zero-order chi connectivity index (χ0) is 11.5. The van der Waals surface area contributed by atoms with E-state index in [0.717, 1.165) is 6.42 Å². The van der Waals surface area contributed by atoms with Crippen molar-refractivity contribution in [3.05, 3.63) is 11.8 Å². The molecule has 6 heteroatoms. The zero-order valence-electron chi connectivity index (χ0n) is 9.18. The minimum absolute atomic E-state index is 0.128. The summed E-state index contributed by atoms with van der Waals surface area (Å²) in [5.41, 5.74) is 6.05. The van der Waals surface area contributed by atoms with Crippen molar-refractivity contribution in [3.8, 4) is 0 Å². The van der Waals surface area contributed by atoms with E-state index < -0.39 is 5.97 Å². The third-order valence-corrected chi connectivity index (χ3v) is 2.50. The molecule has 0 saturated carbocycles. The monoisotopic (exact) mass is 225 g/mol. The lowest BCUT2D eigenvalue weighted by Gasteiger charge is -2.09. The van der Waals surface area contributed by atoms with Gasteiger partial charge in [-0.05, 0) is 13.3 Å².